The van der Waals surface area contributed by atoms with E-state index in [1.165, 1.54) is 5.56 Å². The molecule has 1 aliphatic rings. The summed E-state index contributed by atoms with van der Waals surface area (Å²) in [5.41, 5.74) is 1.53. The van der Waals surface area contributed by atoms with Gasteiger partial charge in [-0.1, -0.05) is 26.0 Å². The number of benzene rings is 1. The highest BCUT2D eigenvalue weighted by molar-refractivity contribution is 5.17. The molecule has 1 aromatic rings. The van der Waals surface area contributed by atoms with E-state index < -0.39 is 0 Å². The van der Waals surface area contributed by atoms with Crippen molar-refractivity contribution >= 4 is 0 Å². The molecule has 2 rings (SSSR count). The molecule has 20 heavy (non-hydrogen) atoms. The van der Waals surface area contributed by atoms with Gasteiger partial charge in [0.25, 0.3) is 0 Å². The van der Waals surface area contributed by atoms with E-state index in [-0.39, 0.29) is 16.9 Å². The molecule has 0 amide bonds. The lowest BCUT2D eigenvalue weighted by Crippen LogP contribution is -2.67. The summed E-state index contributed by atoms with van der Waals surface area (Å²) in [6.07, 6.45) is 2.23. The highest BCUT2D eigenvalue weighted by Gasteiger charge is 2.40. The molecule has 1 fully saturated rings. The average Bonchev–Trinajstić information content (AvgIpc) is 2.46. The predicted molar refractivity (Wildman–Crippen MR) is 82.2 cm³/mol. The molecular formula is C17H27FN2. The summed E-state index contributed by atoms with van der Waals surface area (Å²) >= 11 is 0. The Morgan fingerprint density at radius 2 is 1.80 bits per heavy atom. The second-order valence-corrected chi connectivity index (χ2v) is 6.60. The van der Waals surface area contributed by atoms with E-state index in [0.717, 1.165) is 32.5 Å². The molecule has 1 saturated heterocycles. The second-order valence-electron chi connectivity index (χ2n) is 6.60. The molecule has 0 bridgehead atoms. The summed E-state index contributed by atoms with van der Waals surface area (Å²) in [5, 5.41) is 3.71. The van der Waals surface area contributed by atoms with E-state index in [0.29, 0.717) is 0 Å². The van der Waals surface area contributed by atoms with Gasteiger partial charge in [0.2, 0.25) is 0 Å². The van der Waals surface area contributed by atoms with Crippen molar-refractivity contribution in [1.29, 1.82) is 0 Å². The maximum atomic E-state index is 13.0. The van der Waals surface area contributed by atoms with E-state index in [1.54, 1.807) is 12.1 Å². The number of nitrogens with zero attached hydrogens (tertiary/aromatic N) is 1. The van der Waals surface area contributed by atoms with Gasteiger partial charge < -0.3 is 5.32 Å². The van der Waals surface area contributed by atoms with Gasteiger partial charge in [0, 0.05) is 30.7 Å². The van der Waals surface area contributed by atoms with Crippen LogP contribution in [0.25, 0.3) is 0 Å². The zero-order chi connectivity index (χ0) is 14.8. The van der Waals surface area contributed by atoms with Crippen LogP contribution >= 0.6 is 0 Å². The molecule has 2 nitrogen and oxygen atoms in total. The van der Waals surface area contributed by atoms with Crippen molar-refractivity contribution in [2.45, 2.75) is 58.2 Å². The molecule has 112 valence electrons. The lowest BCUT2D eigenvalue weighted by molar-refractivity contribution is 0.0104. The Morgan fingerprint density at radius 3 is 2.35 bits per heavy atom. The Balaban J connectivity index is 2.17. The summed E-state index contributed by atoms with van der Waals surface area (Å²) in [6, 6.07) is 6.91. The van der Waals surface area contributed by atoms with Gasteiger partial charge >= 0.3 is 0 Å². The minimum absolute atomic E-state index is 0.161. The van der Waals surface area contributed by atoms with Gasteiger partial charge in [-0.25, -0.2) is 4.39 Å². The maximum Gasteiger partial charge on any atom is 0.123 e. The zero-order valence-electron chi connectivity index (χ0n) is 13.2. The lowest BCUT2D eigenvalue weighted by atomic mass is 9.85. The Kier molecular flexibility index (Phi) is 4.50. The Bertz CT molecular complexity index is 445. The molecule has 0 aliphatic carbocycles. The smallest absolute Gasteiger partial charge is 0.123 e. The molecule has 1 N–H and O–H groups in total. The Labute approximate surface area is 122 Å². The van der Waals surface area contributed by atoms with Crippen LogP contribution in [-0.2, 0) is 6.54 Å². The minimum Gasteiger partial charge on any atom is -0.308 e. The summed E-state index contributed by atoms with van der Waals surface area (Å²) in [5.74, 6) is -0.161. The zero-order valence-corrected chi connectivity index (χ0v) is 13.2. The third-order valence-corrected chi connectivity index (χ3v) is 5.03. The highest BCUT2D eigenvalue weighted by atomic mass is 19.1. The molecule has 1 aliphatic heterocycles. The van der Waals surface area contributed by atoms with Crippen molar-refractivity contribution in [3.8, 4) is 0 Å². The summed E-state index contributed by atoms with van der Waals surface area (Å²) in [7, 11) is 0. The van der Waals surface area contributed by atoms with Crippen molar-refractivity contribution in [2.75, 3.05) is 13.1 Å². The quantitative estimate of drug-likeness (QED) is 0.906. The average molecular weight is 278 g/mol. The molecule has 1 heterocycles. The molecule has 0 saturated carbocycles. The van der Waals surface area contributed by atoms with Crippen LogP contribution < -0.4 is 5.32 Å². The van der Waals surface area contributed by atoms with Gasteiger partial charge in [0.15, 0.2) is 0 Å². The fourth-order valence-electron chi connectivity index (χ4n) is 2.83. The molecule has 2 atom stereocenters. The molecular weight excluding hydrogens is 251 g/mol. The number of halogens is 1. The van der Waals surface area contributed by atoms with Crippen LogP contribution in [0, 0.1) is 5.82 Å². The standard InChI is InChI=1S/C17H27FN2/c1-5-16(3)13-20(17(4,6-2)12-19-16)11-14-7-9-15(18)10-8-14/h7-10,19H,5-6,11-13H2,1-4H3. The van der Waals surface area contributed by atoms with Gasteiger partial charge in [-0.05, 0) is 44.4 Å². The van der Waals surface area contributed by atoms with Gasteiger partial charge in [0.05, 0.1) is 0 Å². The van der Waals surface area contributed by atoms with Gasteiger partial charge in [-0.2, -0.15) is 0 Å². The monoisotopic (exact) mass is 278 g/mol. The third-order valence-electron chi connectivity index (χ3n) is 5.03. The van der Waals surface area contributed by atoms with Crippen molar-refractivity contribution in [2.24, 2.45) is 0 Å². The van der Waals surface area contributed by atoms with E-state index in [4.69, 9.17) is 0 Å². The number of piperazine rings is 1. The summed E-state index contributed by atoms with van der Waals surface area (Å²) in [4.78, 5) is 2.56. The van der Waals surface area contributed by atoms with E-state index >= 15 is 0 Å². The van der Waals surface area contributed by atoms with Crippen LogP contribution in [0.1, 0.15) is 46.1 Å². The van der Waals surface area contributed by atoms with Crippen LogP contribution in [0.4, 0.5) is 4.39 Å². The van der Waals surface area contributed by atoms with Crippen molar-refractivity contribution in [3.05, 3.63) is 35.6 Å². The van der Waals surface area contributed by atoms with Crippen LogP contribution in [0.3, 0.4) is 0 Å². The molecule has 0 spiro atoms. The maximum absolute atomic E-state index is 13.0. The molecule has 3 heteroatoms. The first-order valence-corrected chi connectivity index (χ1v) is 7.65. The van der Waals surface area contributed by atoms with Crippen molar-refractivity contribution in [3.63, 3.8) is 0 Å². The summed E-state index contributed by atoms with van der Waals surface area (Å²) < 4.78 is 13.0. The number of nitrogens with one attached hydrogen (secondary N) is 1. The van der Waals surface area contributed by atoms with E-state index in [2.05, 4.69) is 37.9 Å². The fraction of sp³-hybridized carbons (Fsp3) is 0.647. The first kappa shape index (κ1) is 15.5. The molecule has 1 aromatic carbocycles. The van der Waals surface area contributed by atoms with Gasteiger partial charge in [-0.15, -0.1) is 0 Å². The van der Waals surface area contributed by atoms with Crippen LogP contribution in [0.2, 0.25) is 0 Å². The normalized spacial score (nSPS) is 31.4. The lowest BCUT2D eigenvalue weighted by Gasteiger charge is -2.52. The molecule has 2 unspecified atom stereocenters. The minimum atomic E-state index is -0.161. The van der Waals surface area contributed by atoms with Crippen LogP contribution in [0.5, 0.6) is 0 Å². The van der Waals surface area contributed by atoms with Crippen molar-refractivity contribution < 1.29 is 4.39 Å². The van der Waals surface area contributed by atoms with Crippen LogP contribution in [0.15, 0.2) is 24.3 Å². The summed E-state index contributed by atoms with van der Waals surface area (Å²) in [6.45, 7) is 12.0. The topological polar surface area (TPSA) is 15.3 Å². The number of hydrogen-bond donors (Lipinski definition) is 1. The van der Waals surface area contributed by atoms with Gasteiger partial charge in [0.1, 0.15) is 5.82 Å². The first-order valence-electron chi connectivity index (χ1n) is 7.65. The largest absolute Gasteiger partial charge is 0.308 e. The third kappa shape index (κ3) is 3.21. The Morgan fingerprint density at radius 1 is 1.15 bits per heavy atom. The highest BCUT2D eigenvalue weighted by Crippen LogP contribution is 2.29. The SMILES string of the molecule is CCC1(C)CN(Cc2ccc(F)cc2)C(C)(CC)CN1. The second kappa shape index (κ2) is 5.82. The molecule has 0 aromatic heterocycles. The predicted octanol–water partition coefficient (Wildman–Crippen LogP) is 3.57. The fourth-order valence-corrected chi connectivity index (χ4v) is 2.83. The van der Waals surface area contributed by atoms with Gasteiger partial charge in [-0.3, -0.25) is 4.90 Å². The van der Waals surface area contributed by atoms with Crippen molar-refractivity contribution in [1.82, 2.24) is 10.2 Å². The van der Waals surface area contributed by atoms with E-state index in [9.17, 15) is 4.39 Å². The Hall–Kier alpha value is -0.930. The molecule has 0 radical (unpaired) electrons. The first-order chi connectivity index (χ1) is 9.41. The number of rotatable bonds is 4. The van der Waals surface area contributed by atoms with Crippen LogP contribution in [-0.4, -0.2) is 29.1 Å². The number of hydrogen-bond acceptors (Lipinski definition) is 2. The van der Waals surface area contributed by atoms with E-state index in [1.807, 2.05) is 12.1 Å².